The number of pyridine rings is 1. The molecule has 0 fully saturated rings. The highest BCUT2D eigenvalue weighted by Crippen LogP contribution is 2.12. The van der Waals surface area contributed by atoms with E-state index >= 15 is 0 Å². The van der Waals surface area contributed by atoms with Gasteiger partial charge in [-0.3, -0.25) is 9.78 Å². The van der Waals surface area contributed by atoms with Crippen LogP contribution >= 0.6 is 0 Å². The van der Waals surface area contributed by atoms with Crippen LogP contribution in [0.4, 0.5) is 0 Å². The lowest BCUT2D eigenvalue weighted by atomic mass is 10.2. The number of hydrogen-bond acceptors (Lipinski definition) is 4. The summed E-state index contributed by atoms with van der Waals surface area (Å²) in [6.45, 7) is 1.57. The van der Waals surface area contributed by atoms with Crippen molar-refractivity contribution in [3.63, 3.8) is 0 Å². The lowest BCUT2D eigenvalue weighted by Crippen LogP contribution is -2.23. The van der Waals surface area contributed by atoms with Crippen molar-refractivity contribution in [1.29, 1.82) is 0 Å². The van der Waals surface area contributed by atoms with Gasteiger partial charge in [-0.25, -0.2) is 13.1 Å². The summed E-state index contributed by atoms with van der Waals surface area (Å²) in [5.74, 6) is -0.170. The van der Waals surface area contributed by atoms with E-state index in [-0.39, 0.29) is 17.2 Å². The molecule has 0 atom stereocenters. The molecule has 0 saturated heterocycles. The minimum Gasteiger partial charge on any atom is -0.295 e. The maximum absolute atomic E-state index is 12.1. The molecule has 0 spiro atoms. The maximum Gasteiger partial charge on any atom is 0.240 e. The summed E-state index contributed by atoms with van der Waals surface area (Å²) in [6.07, 6.45) is 3.19. The molecule has 1 aromatic heterocycles. The molecule has 20 heavy (non-hydrogen) atoms. The molecule has 0 saturated carbocycles. The predicted octanol–water partition coefficient (Wildman–Crippen LogP) is 1.76. The third kappa shape index (κ3) is 3.49. The van der Waals surface area contributed by atoms with E-state index in [2.05, 4.69) is 9.71 Å². The third-order valence-electron chi connectivity index (χ3n) is 2.77. The number of rotatable bonds is 5. The van der Waals surface area contributed by atoms with Crippen LogP contribution in [0.5, 0.6) is 0 Å². The zero-order chi connectivity index (χ0) is 14.6. The third-order valence-corrected chi connectivity index (χ3v) is 4.17. The van der Waals surface area contributed by atoms with E-state index in [9.17, 15) is 13.2 Å². The molecule has 0 aliphatic heterocycles. The van der Waals surface area contributed by atoms with Crippen molar-refractivity contribution in [2.24, 2.45) is 0 Å². The van der Waals surface area contributed by atoms with E-state index in [0.717, 1.165) is 5.56 Å². The molecule has 0 radical (unpaired) electrons. The number of carbonyl (C=O) groups excluding carboxylic acids is 1. The molecule has 0 aliphatic carbocycles. The van der Waals surface area contributed by atoms with Gasteiger partial charge < -0.3 is 0 Å². The predicted molar refractivity (Wildman–Crippen MR) is 74.7 cm³/mol. The van der Waals surface area contributed by atoms with Crippen LogP contribution in [0, 0.1) is 0 Å². The summed E-state index contributed by atoms with van der Waals surface area (Å²) < 4.78 is 26.8. The van der Waals surface area contributed by atoms with E-state index < -0.39 is 10.0 Å². The highest BCUT2D eigenvalue weighted by atomic mass is 32.2. The Bertz CT molecular complexity index is 712. The van der Waals surface area contributed by atoms with Crippen molar-refractivity contribution < 1.29 is 13.2 Å². The van der Waals surface area contributed by atoms with Gasteiger partial charge >= 0.3 is 0 Å². The molecule has 1 N–H and O–H groups in total. The van der Waals surface area contributed by atoms with Gasteiger partial charge in [0.15, 0.2) is 5.78 Å². The highest BCUT2D eigenvalue weighted by Gasteiger charge is 2.14. The Hall–Kier alpha value is -2.05. The Kier molecular flexibility index (Phi) is 4.26. The van der Waals surface area contributed by atoms with Gasteiger partial charge in [-0.05, 0) is 36.8 Å². The topological polar surface area (TPSA) is 76.1 Å². The van der Waals surface area contributed by atoms with Gasteiger partial charge in [0, 0.05) is 24.5 Å². The lowest BCUT2D eigenvalue weighted by Gasteiger charge is -2.07. The van der Waals surface area contributed by atoms with Crippen molar-refractivity contribution in [3.8, 4) is 0 Å². The monoisotopic (exact) mass is 290 g/mol. The second-order valence-corrected chi connectivity index (χ2v) is 6.03. The molecule has 0 unspecified atom stereocenters. The van der Waals surface area contributed by atoms with Gasteiger partial charge in [0.1, 0.15) is 0 Å². The number of carbonyl (C=O) groups is 1. The summed E-state index contributed by atoms with van der Waals surface area (Å²) >= 11 is 0. The number of nitrogens with one attached hydrogen (secondary N) is 1. The van der Waals surface area contributed by atoms with Gasteiger partial charge in [0.25, 0.3) is 0 Å². The molecule has 1 aromatic carbocycles. The molecule has 0 aliphatic rings. The van der Waals surface area contributed by atoms with E-state index in [0.29, 0.717) is 5.56 Å². The van der Waals surface area contributed by atoms with Crippen LogP contribution in [0.15, 0.2) is 53.7 Å². The summed E-state index contributed by atoms with van der Waals surface area (Å²) in [4.78, 5) is 15.2. The molecule has 104 valence electrons. The average Bonchev–Trinajstić information content (AvgIpc) is 2.46. The van der Waals surface area contributed by atoms with Crippen LogP contribution in [0.3, 0.4) is 0 Å². The van der Waals surface area contributed by atoms with Gasteiger partial charge in [0.2, 0.25) is 10.0 Å². The fourth-order valence-electron chi connectivity index (χ4n) is 1.64. The molecule has 6 heteroatoms. The Morgan fingerprint density at radius 3 is 2.55 bits per heavy atom. The van der Waals surface area contributed by atoms with E-state index in [1.807, 2.05) is 0 Å². The average molecular weight is 290 g/mol. The van der Waals surface area contributed by atoms with Crippen LogP contribution in [-0.2, 0) is 16.6 Å². The van der Waals surface area contributed by atoms with E-state index in [1.54, 1.807) is 36.7 Å². The summed E-state index contributed by atoms with van der Waals surface area (Å²) in [5.41, 5.74) is 1.18. The Labute approximate surface area is 117 Å². The van der Waals surface area contributed by atoms with Gasteiger partial charge in [-0.2, -0.15) is 0 Å². The molecule has 2 rings (SSSR count). The summed E-state index contributed by atoms with van der Waals surface area (Å²) in [5, 5.41) is 0. The number of benzene rings is 1. The van der Waals surface area contributed by atoms with Crippen molar-refractivity contribution in [2.45, 2.75) is 18.4 Å². The first-order valence-corrected chi connectivity index (χ1v) is 7.47. The Balaban J connectivity index is 2.18. The zero-order valence-corrected chi connectivity index (χ0v) is 11.7. The minimum absolute atomic E-state index is 0.0826. The number of sulfonamides is 1. The zero-order valence-electron chi connectivity index (χ0n) is 10.9. The fourth-order valence-corrected chi connectivity index (χ4v) is 2.71. The van der Waals surface area contributed by atoms with Crippen molar-refractivity contribution in [2.75, 3.05) is 0 Å². The van der Waals surface area contributed by atoms with Crippen molar-refractivity contribution >= 4 is 15.8 Å². The van der Waals surface area contributed by atoms with E-state index in [4.69, 9.17) is 0 Å². The van der Waals surface area contributed by atoms with Crippen LogP contribution in [0.2, 0.25) is 0 Å². The van der Waals surface area contributed by atoms with Crippen LogP contribution in [-0.4, -0.2) is 19.2 Å². The Morgan fingerprint density at radius 2 is 1.90 bits per heavy atom. The number of nitrogens with zero attached hydrogens (tertiary/aromatic N) is 1. The second kappa shape index (κ2) is 5.94. The maximum atomic E-state index is 12.1. The van der Waals surface area contributed by atoms with Gasteiger partial charge in [0.05, 0.1) is 4.90 Å². The molecular formula is C14H14N2O3S. The number of hydrogen-bond donors (Lipinski definition) is 1. The molecule has 5 nitrogen and oxygen atoms in total. The first-order valence-electron chi connectivity index (χ1n) is 5.98. The standard InChI is InChI=1S/C14H14N2O3S/c1-11(17)13-3-2-4-14(9-13)20(18,19)16-10-12-5-7-15-8-6-12/h2-9,16H,10H2,1H3. The van der Waals surface area contributed by atoms with Crippen molar-refractivity contribution in [3.05, 3.63) is 59.9 Å². The smallest absolute Gasteiger partial charge is 0.240 e. The first-order chi connectivity index (χ1) is 9.49. The van der Waals surface area contributed by atoms with Crippen LogP contribution in [0.25, 0.3) is 0 Å². The largest absolute Gasteiger partial charge is 0.295 e. The number of Topliss-reactive ketones (excluding diaryl/α,β-unsaturated/α-hetero) is 1. The summed E-state index contributed by atoms with van der Waals surface area (Å²) in [6, 6.07) is 9.43. The summed E-state index contributed by atoms with van der Waals surface area (Å²) in [7, 11) is -3.64. The SMILES string of the molecule is CC(=O)c1cccc(S(=O)(=O)NCc2ccncc2)c1. The molecule has 1 heterocycles. The molecule has 0 bridgehead atoms. The van der Waals surface area contributed by atoms with Gasteiger partial charge in [-0.1, -0.05) is 12.1 Å². The second-order valence-electron chi connectivity index (χ2n) is 4.26. The molecular weight excluding hydrogens is 276 g/mol. The molecule has 2 aromatic rings. The van der Waals surface area contributed by atoms with E-state index in [1.165, 1.54) is 19.1 Å². The van der Waals surface area contributed by atoms with Gasteiger partial charge in [-0.15, -0.1) is 0 Å². The Morgan fingerprint density at radius 1 is 1.20 bits per heavy atom. The quantitative estimate of drug-likeness (QED) is 0.851. The van der Waals surface area contributed by atoms with Crippen molar-refractivity contribution in [1.82, 2.24) is 9.71 Å². The number of ketones is 1. The number of aromatic nitrogens is 1. The highest BCUT2D eigenvalue weighted by molar-refractivity contribution is 7.89. The molecule has 0 amide bonds. The minimum atomic E-state index is -3.64. The lowest BCUT2D eigenvalue weighted by molar-refractivity contribution is 0.101. The van der Waals surface area contributed by atoms with Crippen LogP contribution in [0.1, 0.15) is 22.8 Å². The fraction of sp³-hybridized carbons (Fsp3) is 0.143. The first kappa shape index (κ1) is 14.4. The van der Waals surface area contributed by atoms with Crippen LogP contribution < -0.4 is 4.72 Å². The normalized spacial score (nSPS) is 11.2.